The van der Waals surface area contributed by atoms with Crippen LogP contribution in [0.1, 0.15) is 187 Å². The van der Waals surface area contributed by atoms with Gasteiger partial charge in [0.1, 0.15) is 13.2 Å². The van der Waals surface area contributed by atoms with Crippen molar-refractivity contribution in [1.82, 2.24) is 5.32 Å². The van der Waals surface area contributed by atoms with Crippen LogP contribution in [0, 0.1) is 0 Å². The first-order chi connectivity index (χ1) is 24.5. The third-order valence-electron chi connectivity index (χ3n) is 9.41. The van der Waals surface area contributed by atoms with E-state index in [0.717, 1.165) is 38.5 Å². The number of aliphatic hydroxyl groups excluding tert-OH is 1. The summed E-state index contributed by atoms with van der Waals surface area (Å²) < 4.78 is 23.1. The van der Waals surface area contributed by atoms with Crippen molar-refractivity contribution in [3.8, 4) is 0 Å². The molecule has 0 spiro atoms. The molecule has 0 aliphatic heterocycles. The SMILES string of the molecule is CCCCCCCCCCCCCCCCC/C=C/CC/C=C/C(O)C(COP(=O)([O-])OCC[N+](C)(C)C)NC(=O)CCCCCCCCCC. The van der Waals surface area contributed by atoms with Gasteiger partial charge in [-0.25, -0.2) is 0 Å². The number of likely N-dealkylation sites (N-methyl/N-ethyl adjacent to an activating group) is 1. The summed E-state index contributed by atoms with van der Waals surface area (Å²) in [4.78, 5) is 25.1. The number of carbonyl (C=O) groups is 1. The number of phosphoric acid groups is 1. The summed E-state index contributed by atoms with van der Waals surface area (Å²) >= 11 is 0. The lowest BCUT2D eigenvalue weighted by molar-refractivity contribution is -0.870. The predicted molar refractivity (Wildman–Crippen MR) is 215 cm³/mol. The molecule has 3 unspecified atom stereocenters. The molecule has 0 aromatic carbocycles. The van der Waals surface area contributed by atoms with Crippen molar-refractivity contribution in [2.24, 2.45) is 0 Å². The third-order valence-corrected chi connectivity index (χ3v) is 10.4. The summed E-state index contributed by atoms with van der Waals surface area (Å²) in [6.07, 6.45) is 39.6. The van der Waals surface area contributed by atoms with Gasteiger partial charge in [-0.15, -0.1) is 0 Å². The summed E-state index contributed by atoms with van der Waals surface area (Å²) in [5.41, 5.74) is 0. The number of aliphatic hydroxyl groups is 1. The van der Waals surface area contributed by atoms with Crippen molar-refractivity contribution in [3.05, 3.63) is 24.3 Å². The number of amides is 1. The van der Waals surface area contributed by atoms with Crippen LogP contribution in [0.4, 0.5) is 0 Å². The molecule has 0 aromatic rings. The van der Waals surface area contributed by atoms with Crippen LogP contribution in [0.5, 0.6) is 0 Å². The van der Waals surface area contributed by atoms with Crippen LogP contribution < -0.4 is 10.2 Å². The number of nitrogens with one attached hydrogen (secondary N) is 1. The lowest BCUT2D eigenvalue weighted by Gasteiger charge is -2.29. The van der Waals surface area contributed by atoms with E-state index in [-0.39, 0.29) is 19.1 Å². The highest BCUT2D eigenvalue weighted by Crippen LogP contribution is 2.38. The second-order valence-electron chi connectivity index (χ2n) is 15.7. The van der Waals surface area contributed by atoms with E-state index in [0.29, 0.717) is 17.4 Å². The molecule has 3 atom stereocenters. The summed E-state index contributed by atoms with van der Waals surface area (Å²) in [6, 6.07) is -0.896. The van der Waals surface area contributed by atoms with Crippen molar-refractivity contribution in [2.75, 3.05) is 40.9 Å². The molecule has 8 nitrogen and oxygen atoms in total. The monoisotopic (exact) mass is 743 g/mol. The first kappa shape index (κ1) is 50.0. The Kier molecular flexibility index (Phi) is 34.0. The minimum absolute atomic E-state index is 0.00480. The van der Waals surface area contributed by atoms with Crippen molar-refractivity contribution in [1.29, 1.82) is 0 Å². The molecule has 0 saturated heterocycles. The van der Waals surface area contributed by atoms with Gasteiger partial charge in [-0.1, -0.05) is 173 Å². The number of allylic oxidation sites excluding steroid dienone is 3. The highest BCUT2D eigenvalue weighted by Gasteiger charge is 2.23. The highest BCUT2D eigenvalue weighted by atomic mass is 31.2. The molecule has 0 aliphatic rings. The molecule has 0 aliphatic carbocycles. The lowest BCUT2D eigenvalue weighted by Crippen LogP contribution is -2.45. The Morgan fingerprint density at radius 3 is 1.59 bits per heavy atom. The Labute approximate surface area is 315 Å². The fourth-order valence-corrected chi connectivity index (χ4v) is 6.71. The maximum Gasteiger partial charge on any atom is 0.268 e. The first-order valence-electron chi connectivity index (χ1n) is 21.2. The van der Waals surface area contributed by atoms with Gasteiger partial charge in [0, 0.05) is 6.42 Å². The topological polar surface area (TPSA) is 108 Å². The van der Waals surface area contributed by atoms with Gasteiger partial charge in [0.05, 0.1) is 39.9 Å². The average Bonchev–Trinajstić information content (AvgIpc) is 3.07. The number of unbranched alkanes of at least 4 members (excludes halogenated alkanes) is 23. The van der Waals surface area contributed by atoms with Crippen LogP contribution in [-0.4, -0.2) is 68.5 Å². The summed E-state index contributed by atoms with van der Waals surface area (Å²) in [6.45, 7) is 4.58. The fraction of sp³-hybridized carbons (Fsp3) is 0.881. The van der Waals surface area contributed by atoms with Crippen LogP contribution in [0.3, 0.4) is 0 Å². The average molecular weight is 743 g/mol. The second kappa shape index (κ2) is 34.7. The van der Waals surface area contributed by atoms with Gasteiger partial charge in [0.25, 0.3) is 7.82 Å². The smallest absolute Gasteiger partial charge is 0.268 e. The zero-order chi connectivity index (χ0) is 37.9. The molecule has 51 heavy (non-hydrogen) atoms. The van der Waals surface area contributed by atoms with E-state index < -0.39 is 20.0 Å². The van der Waals surface area contributed by atoms with Crippen LogP contribution in [-0.2, 0) is 18.4 Å². The molecule has 1 amide bonds. The first-order valence-corrected chi connectivity index (χ1v) is 22.7. The van der Waals surface area contributed by atoms with Crippen LogP contribution >= 0.6 is 7.82 Å². The van der Waals surface area contributed by atoms with E-state index in [9.17, 15) is 19.4 Å². The molecule has 0 heterocycles. The molecule has 0 fully saturated rings. The molecule has 0 bridgehead atoms. The van der Waals surface area contributed by atoms with E-state index in [4.69, 9.17) is 9.05 Å². The van der Waals surface area contributed by atoms with E-state index in [1.807, 2.05) is 27.2 Å². The number of rotatable bonds is 38. The Hall–Kier alpha value is -1.02. The van der Waals surface area contributed by atoms with Crippen LogP contribution in [0.2, 0.25) is 0 Å². The Balaban J connectivity index is 4.36. The third kappa shape index (κ3) is 37.1. The number of phosphoric ester groups is 1. The summed E-state index contributed by atoms with van der Waals surface area (Å²) in [5.74, 6) is -0.213. The predicted octanol–water partition coefficient (Wildman–Crippen LogP) is 10.7. The fourth-order valence-electron chi connectivity index (χ4n) is 5.99. The number of nitrogens with zero attached hydrogens (tertiary/aromatic N) is 1. The molecule has 0 aromatic heterocycles. The Morgan fingerprint density at radius 2 is 1.10 bits per heavy atom. The number of carbonyl (C=O) groups excluding carboxylic acids is 1. The van der Waals surface area contributed by atoms with Crippen molar-refractivity contribution >= 4 is 13.7 Å². The van der Waals surface area contributed by atoms with Gasteiger partial charge in [-0.2, -0.15) is 0 Å². The van der Waals surface area contributed by atoms with Gasteiger partial charge < -0.3 is 28.8 Å². The maximum atomic E-state index is 12.7. The maximum absolute atomic E-state index is 12.7. The molecule has 0 rings (SSSR count). The molecule has 2 N–H and O–H groups in total. The largest absolute Gasteiger partial charge is 0.756 e. The van der Waals surface area contributed by atoms with E-state index >= 15 is 0 Å². The van der Waals surface area contributed by atoms with Crippen LogP contribution in [0.25, 0.3) is 0 Å². The number of quaternary nitrogens is 1. The molecular weight excluding hydrogens is 659 g/mol. The molecule has 0 saturated carbocycles. The molecule has 9 heteroatoms. The van der Waals surface area contributed by atoms with E-state index in [1.54, 1.807) is 6.08 Å². The number of hydrogen-bond acceptors (Lipinski definition) is 6. The van der Waals surface area contributed by atoms with Crippen molar-refractivity contribution < 1.29 is 32.9 Å². The van der Waals surface area contributed by atoms with Crippen molar-refractivity contribution in [3.63, 3.8) is 0 Å². The molecule has 302 valence electrons. The summed E-state index contributed by atoms with van der Waals surface area (Å²) in [5, 5.41) is 13.7. The normalized spacial score (nSPS) is 14.7. The summed E-state index contributed by atoms with van der Waals surface area (Å²) in [7, 11) is 1.25. The highest BCUT2D eigenvalue weighted by molar-refractivity contribution is 7.45. The minimum Gasteiger partial charge on any atom is -0.756 e. The van der Waals surface area contributed by atoms with E-state index in [1.165, 1.54) is 128 Å². The van der Waals surface area contributed by atoms with Crippen molar-refractivity contribution in [2.45, 2.75) is 199 Å². The molecule has 0 radical (unpaired) electrons. The molecular formula is C42H83N2O6P. The van der Waals surface area contributed by atoms with Crippen LogP contribution in [0.15, 0.2) is 24.3 Å². The lowest BCUT2D eigenvalue weighted by atomic mass is 10.0. The number of hydrogen-bond donors (Lipinski definition) is 2. The zero-order valence-corrected chi connectivity index (χ0v) is 35.0. The zero-order valence-electron chi connectivity index (χ0n) is 34.1. The Morgan fingerprint density at radius 1 is 0.667 bits per heavy atom. The standard InChI is InChI=1S/C42H83N2O6P/c1-6-8-10-12-14-16-17-18-19-20-21-22-23-24-25-26-27-28-29-31-33-35-41(45)40(39-50-51(47,48)49-38-37-44(3,4)5)43-42(46)36-34-32-30-15-13-11-9-7-2/h27-28,33,35,40-41,45H,6-26,29-32,34,36-39H2,1-5H3,(H-,43,46,47,48)/b28-27+,35-33+. The van der Waals surface area contributed by atoms with Gasteiger partial charge in [-0.05, 0) is 32.1 Å². The minimum atomic E-state index is -4.58. The quantitative estimate of drug-likeness (QED) is 0.0282. The van der Waals surface area contributed by atoms with E-state index in [2.05, 4.69) is 31.3 Å². The van der Waals surface area contributed by atoms with Gasteiger partial charge in [0.2, 0.25) is 5.91 Å². The van der Waals surface area contributed by atoms with Gasteiger partial charge in [0.15, 0.2) is 0 Å². The van der Waals surface area contributed by atoms with Gasteiger partial charge in [-0.3, -0.25) is 9.36 Å². The Bertz CT molecular complexity index is 891. The second-order valence-corrected chi connectivity index (χ2v) is 17.1. The van der Waals surface area contributed by atoms with Gasteiger partial charge >= 0.3 is 0 Å².